The van der Waals surface area contributed by atoms with Crippen molar-refractivity contribution in [3.63, 3.8) is 0 Å². The lowest BCUT2D eigenvalue weighted by Crippen LogP contribution is -2.15. The van der Waals surface area contributed by atoms with Gasteiger partial charge in [-0.3, -0.25) is 9.59 Å². The van der Waals surface area contributed by atoms with Crippen LogP contribution in [0.2, 0.25) is 0 Å². The van der Waals surface area contributed by atoms with Gasteiger partial charge in [-0.25, -0.2) is 0 Å². The topological polar surface area (TPSA) is 196 Å². The molecule has 0 radical (unpaired) electrons. The Morgan fingerprint density at radius 1 is 0.346 bits per heavy atom. The molecule has 10 heteroatoms. The van der Waals surface area contributed by atoms with Gasteiger partial charge in [0.25, 0.3) is 0 Å². The molecule has 0 fully saturated rings. The normalized spacial score (nSPS) is 10.9. The molecule has 0 saturated carbocycles. The summed E-state index contributed by atoms with van der Waals surface area (Å²) >= 11 is 0. The maximum Gasteiger partial charge on any atom is 0.303 e. The first-order valence-corrected chi connectivity index (χ1v) is 21.1. The number of hydrogen-bond acceptors (Lipinski definition) is 8. The van der Waals surface area contributed by atoms with Crippen LogP contribution >= 0.6 is 0 Å². The first-order valence-electron chi connectivity index (χ1n) is 21.1. The van der Waals surface area contributed by atoms with Crippen molar-refractivity contribution in [1.29, 1.82) is 0 Å². The van der Waals surface area contributed by atoms with Crippen LogP contribution in [0.5, 0.6) is 0 Å². The molecule has 0 amide bonds. The summed E-state index contributed by atoms with van der Waals surface area (Å²) in [7, 11) is 0. The zero-order valence-corrected chi connectivity index (χ0v) is 34.3. The highest BCUT2D eigenvalue weighted by Gasteiger charge is 2.00. The molecule has 0 aromatic carbocycles. The van der Waals surface area contributed by atoms with Gasteiger partial charge in [-0.2, -0.15) is 0 Å². The molecule has 0 unspecified atom stereocenters. The van der Waals surface area contributed by atoms with Gasteiger partial charge >= 0.3 is 11.9 Å². The smallest absolute Gasteiger partial charge is 0.303 e. The fourth-order valence-electron chi connectivity index (χ4n) is 5.31. The number of aliphatic carboxylic acids is 2. The molecule has 0 aromatic rings. The fourth-order valence-corrected chi connectivity index (χ4v) is 5.31. The monoisotopic (exact) mass is 753 g/mol. The number of carbonyl (C=O) groups is 2. The molecular weight excluding hydrogens is 664 g/mol. The van der Waals surface area contributed by atoms with Gasteiger partial charge in [-0.05, 0) is 24.7 Å². The van der Waals surface area contributed by atoms with Gasteiger partial charge in [0, 0.05) is 12.8 Å². The summed E-state index contributed by atoms with van der Waals surface area (Å²) in [6.45, 7) is 7.77. The van der Waals surface area contributed by atoms with E-state index in [1.807, 2.05) is 0 Å². The summed E-state index contributed by atoms with van der Waals surface area (Å²) in [5, 5.41) is 65.1. The van der Waals surface area contributed by atoms with Gasteiger partial charge in [0.15, 0.2) is 0 Å². The Morgan fingerprint density at radius 2 is 0.519 bits per heavy atom. The quantitative estimate of drug-likeness (QED) is 0.0294. The van der Waals surface area contributed by atoms with Crippen LogP contribution in [0.25, 0.3) is 0 Å². The number of aliphatic hydroxyl groups is 6. The zero-order chi connectivity index (χ0) is 40.1. The van der Waals surface area contributed by atoms with E-state index in [1.165, 1.54) is 141 Å². The molecule has 0 aliphatic rings. The average Bonchev–Trinajstić information content (AvgIpc) is 3.11. The van der Waals surface area contributed by atoms with Crippen LogP contribution in [0.4, 0.5) is 0 Å². The van der Waals surface area contributed by atoms with Crippen molar-refractivity contribution in [2.75, 3.05) is 26.4 Å². The van der Waals surface area contributed by atoms with Gasteiger partial charge in [-0.1, -0.05) is 182 Å². The lowest BCUT2D eigenvalue weighted by atomic mass is 10.0. The Morgan fingerprint density at radius 3 is 0.654 bits per heavy atom. The first-order chi connectivity index (χ1) is 24.9. The van der Waals surface area contributed by atoms with Crippen LogP contribution in [-0.4, -0.2) is 91.4 Å². The van der Waals surface area contributed by atoms with E-state index in [4.69, 9.17) is 40.9 Å². The predicted octanol–water partition coefficient (Wildman–Crippen LogP) is 9.04. The predicted molar refractivity (Wildman–Crippen MR) is 215 cm³/mol. The molecule has 52 heavy (non-hydrogen) atoms. The number of rotatable bonds is 34. The lowest BCUT2D eigenvalue weighted by Gasteiger charge is -2.04. The number of aliphatic hydroxyl groups excluding tert-OH is 6. The van der Waals surface area contributed by atoms with Crippen LogP contribution in [0, 0.1) is 11.8 Å². The molecule has 316 valence electrons. The molecule has 0 saturated heterocycles. The molecule has 0 rings (SSSR count). The van der Waals surface area contributed by atoms with Gasteiger partial charge in [-0.15, -0.1) is 0 Å². The summed E-state index contributed by atoms with van der Waals surface area (Å²) in [5.41, 5.74) is 0. The SMILES string of the molecule is CC(C)CCCCCCCCCCCCCCC(=O)O.CC(C)CCCCCCCCCCCCCCC(=O)O.OCC(O)CO.OCC(O)CO. The van der Waals surface area contributed by atoms with Gasteiger partial charge in [0.2, 0.25) is 0 Å². The highest BCUT2D eigenvalue weighted by atomic mass is 16.4. The van der Waals surface area contributed by atoms with E-state index in [0.717, 1.165) is 37.5 Å². The molecule has 0 atom stereocenters. The summed E-state index contributed by atoms with van der Waals surface area (Å²) in [6.07, 6.45) is 32.7. The second kappa shape index (κ2) is 49.7. The molecule has 0 aliphatic heterocycles. The van der Waals surface area contributed by atoms with Crippen molar-refractivity contribution in [2.45, 2.75) is 220 Å². The Bertz CT molecular complexity index is 611. The van der Waals surface area contributed by atoms with Gasteiger partial charge < -0.3 is 40.9 Å². The fraction of sp³-hybridized carbons (Fsp3) is 0.952. The standard InChI is InChI=1S/2C18H36O2.2C3H8O3/c2*1-17(2)15-13-11-9-7-5-3-4-6-8-10-12-14-16-18(19)20;2*4-1-3(6)2-5/h2*17H,3-16H2,1-2H3,(H,19,20);2*3-6H,1-2H2. The number of carboxylic acids is 2. The Kier molecular flexibility index (Phi) is 54.9. The molecule has 0 heterocycles. The number of unbranched alkanes of at least 4 members (excludes halogenated alkanes) is 22. The molecule has 8 N–H and O–H groups in total. The Hall–Kier alpha value is -1.30. The van der Waals surface area contributed by atoms with Crippen molar-refractivity contribution in [1.82, 2.24) is 0 Å². The van der Waals surface area contributed by atoms with Crippen LogP contribution in [0.15, 0.2) is 0 Å². The maximum absolute atomic E-state index is 10.3. The molecule has 0 spiro atoms. The van der Waals surface area contributed by atoms with Crippen molar-refractivity contribution in [3.8, 4) is 0 Å². The highest BCUT2D eigenvalue weighted by molar-refractivity contribution is 5.66. The molecule has 0 bridgehead atoms. The largest absolute Gasteiger partial charge is 0.481 e. The summed E-state index contributed by atoms with van der Waals surface area (Å²) in [4.78, 5) is 20.7. The molecule has 10 nitrogen and oxygen atoms in total. The van der Waals surface area contributed by atoms with E-state index in [0.29, 0.717) is 12.8 Å². The number of carboxylic acid groups (broad SMARTS) is 2. The van der Waals surface area contributed by atoms with Crippen LogP contribution in [-0.2, 0) is 9.59 Å². The van der Waals surface area contributed by atoms with Gasteiger partial charge in [0.05, 0.1) is 26.4 Å². The third-order valence-electron chi connectivity index (χ3n) is 8.69. The Labute approximate surface area is 319 Å². The van der Waals surface area contributed by atoms with E-state index >= 15 is 0 Å². The van der Waals surface area contributed by atoms with E-state index < -0.39 is 24.1 Å². The van der Waals surface area contributed by atoms with E-state index in [-0.39, 0.29) is 26.4 Å². The second-order valence-electron chi connectivity index (χ2n) is 15.2. The second-order valence-corrected chi connectivity index (χ2v) is 15.2. The zero-order valence-electron chi connectivity index (χ0n) is 34.3. The first kappa shape index (κ1) is 57.4. The van der Waals surface area contributed by atoms with Crippen molar-refractivity contribution < 1.29 is 50.4 Å². The van der Waals surface area contributed by atoms with E-state index in [1.54, 1.807) is 0 Å². The lowest BCUT2D eigenvalue weighted by molar-refractivity contribution is -0.138. The molecular formula is C42H88O10. The maximum atomic E-state index is 10.3. The minimum absolute atomic E-state index is 0.344. The minimum Gasteiger partial charge on any atom is -0.481 e. The van der Waals surface area contributed by atoms with Crippen molar-refractivity contribution in [2.24, 2.45) is 11.8 Å². The highest BCUT2D eigenvalue weighted by Crippen LogP contribution is 2.16. The molecule has 0 aromatic heterocycles. The van der Waals surface area contributed by atoms with Crippen LogP contribution in [0.3, 0.4) is 0 Å². The third-order valence-corrected chi connectivity index (χ3v) is 8.69. The van der Waals surface area contributed by atoms with Gasteiger partial charge in [0.1, 0.15) is 12.2 Å². The molecule has 0 aliphatic carbocycles. The Balaban J connectivity index is -0.000000337. The van der Waals surface area contributed by atoms with E-state index in [2.05, 4.69) is 27.7 Å². The number of hydrogen-bond donors (Lipinski definition) is 8. The summed E-state index contributed by atoms with van der Waals surface area (Å²) in [6, 6.07) is 0. The third kappa shape index (κ3) is 66.9. The van der Waals surface area contributed by atoms with E-state index in [9.17, 15) is 9.59 Å². The van der Waals surface area contributed by atoms with Crippen LogP contribution in [0.1, 0.15) is 207 Å². The summed E-state index contributed by atoms with van der Waals surface area (Å²) in [5.74, 6) is 0.424. The average molecular weight is 753 g/mol. The van der Waals surface area contributed by atoms with Crippen molar-refractivity contribution in [3.05, 3.63) is 0 Å². The van der Waals surface area contributed by atoms with Crippen molar-refractivity contribution >= 4 is 11.9 Å². The minimum atomic E-state index is -0.954. The summed E-state index contributed by atoms with van der Waals surface area (Å²) < 4.78 is 0. The van der Waals surface area contributed by atoms with Crippen LogP contribution < -0.4 is 0 Å².